The maximum atomic E-state index is 11.9. The van der Waals surface area contributed by atoms with E-state index in [4.69, 9.17) is 15.9 Å². The molecule has 27 heavy (non-hydrogen) atoms. The van der Waals surface area contributed by atoms with Crippen molar-refractivity contribution in [2.45, 2.75) is 24.8 Å². The Labute approximate surface area is 155 Å². The quantitative estimate of drug-likeness (QED) is 0.0941. The van der Waals surface area contributed by atoms with Gasteiger partial charge in [0.15, 0.2) is 0 Å². The van der Waals surface area contributed by atoms with E-state index in [2.05, 4.69) is 10.6 Å². The Kier molecular flexibility index (Phi) is 11.3. The van der Waals surface area contributed by atoms with Crippen LogP contribution in [0.2, 0.25) is 0 Å². The fourth-order valence-electron chi connectivity index (χ4n) is 2.54. The highest BCUT2D eigenvalue weighted by Crippen LogP contribution is 2.48. The Bertz CT molecular complexity index is 556. The third-order valence-electron chi connectivity index (χ3n) is 3.68. The molecule has 0 radical (unpaired) electrons. The fraction of sp³-hybridized carbons (Fsp3) is 0.769. The van der Waals surface area contributed by atoms with Crippen molar-refractivity contribution in [1.82, 2.24) is 15.3 Å². The lowest BCUT2D eigenvalue weighted by atomic mass is 9.89. The molecular formula is C13H27N4O9P. The molecule has 0 aromatic carbocycles. The van der Waals surface area contributed by atoms with Crippen molar-refractivity contribution in [1.29, 1.82) is 0 Å². The monoisotopic (exact) mass is 414 g/mol. The van der Waals surface area contributed by atoms with Crippen molar-refractivity contribution in [3.63, 3.8) is 0 Å². The zero-order valence-electron chi connectivity index (χ0n) is 14.7. The molecule has 1 unspecified atom stereocenters. The largest absolute Gasteiger partial charge is 0.480 e. The molecular weight excluding hydrogens is 387 g/mol. The molecule has 0 aliphatic rings. The van der Waals surface area contributed by atoms with Crippen LogP contribution in [0.3, 0.4) is 0 Å². The van der Waals surface area contributed by atoms with Crippen LogP contribution in [0.25, 0.3) is 0 Å². The summed E-state index contributed by atoms with van der Waals surface area (Å²) in [4.78, 5) is 52.8. The molecule has 0 spiro atoms. The van der Waals surface area contributed by atoms with Gasteiger partial charge >= 0.3 is 19.7 Å². The van der Waals surface area contributed by atoms with Crippen LogP contribution in [-0.4, -0.2) is 92.5 Å². The fourth-order valence-corrected chi connectivity index (χ4v) is 3.65. The van der Waals surface area contributed by atoms with E-state index in [1.165, 1.54) is 0 Å². The van der Waals surface area contributed by atoms with Gasteiger partial charge in [-0.25, -0.2) is 4.57 Å². The Morgan fingerprint density at radius 3 is 2.11 bits per heavy atom. The minimum atomic E-state index is -5.09. The Hall–Kier alpha value is -1.60. The lowest BCUT2D eigenvalue weighted by molar-refractivity contribution is -0.152. The van der Waals surface area contributed by atoms with Crippen LogP contribution in [0.15, 0.2) is 0 Å². The number of nitrogens with zero attached hydrogens (tertiary/aromatic N) is 1. The van der Waals surface area contributed by atoms with E-state index >= 15 is 0 Å². The maximum absolute atomic E-state index is 11.9. The topological polar surface area (TPSA) is 223 Å². The number of carbonyl (C=O) groups is 3. The van der Waals surface area contributed by atoms with E-state index in [1.54, 1.807) is 0 Å². The summed E-state index contributed by atoms with van der Waals surface area (Å²) < 4.78 is 12.3. The van der Waals surface area contributed by atoms with E-state index in [1.807, 2.05) is 0 Å². The summed E-state index contributed by atoms with van der Waals surface area (Å²) >= 11 is 0. The number of rotatable bonds is 16. The molecule has 0 aromatic heterocycles. The van der Waals surface area contributed by atoms with E-state index in [9.17, 15) is 33.8 Å². The standard InChI is InChI=1S/C13H27N4O9P/c14-10(19)8-13(12(22)23,2-1-7-18)17(27(24,25)26)6-5-15-3-4-16-9-11(20)21/h15-16,18H,1-9H2,(H2,14,19)(H,20,21)(H,22,23)(H2,24,25,26). The van der Waals surface area contributed by atoms with E-state index < -0.39 is 57.1 Å². The van der Waals surface area contributed by atoms with E-state index in [0.29, 0.717) is 4.67 Å². The zero-order valence-corrected chi connectivity index (χ0v) is 15.6. The van der Waals surface area contributed by atoms with Crippen LogP contribution in [0.4, 0.5) is 0 Å². The lowest BCUT2D eigenvalue weighted by Gasteiger charge is -2.39. The van der Waals surface area contributed by atoms with Gasteiger partial charge in [-0.05, 0) is 12.8 Å². The van der Waals surface area contributed by atoms with Crippen molar-refractivity contribution in [2.24, 2.45) is 5.73 Å². The average Bonchev–Trinajstić information content (AvgIpc) is 2.52. The minimum Gasteiger partial charge on any atom is -0.480 e. The Morgan fingerprint density at radius 1 is 1.07 bits per heavy atom. The molecule has 0 rings (SSSR count). The number of primary amides is 1. The second-order valence-corrected chi connectivity index (χ2v) is 7.27. The van der Waals surface area contributed by atoms with Gasteiger partial charge in [0.25, 0.3) is 0 Å². The summed E-state index contributed by atoms with van der Waals surface area (Å²) in [6.07, 6.45) is -1.34. The molecule has 0 fully saturated rings. The number of nitrogens with one attached hydrogen (secondary N) is 2. The normalized spacial score (nSPS) is 14.1. The molecule has 158 valence electrons. The summed E-state index contributed by atoms with van der Waals surface area (Å²) in [5.41, 5.74) is 2.82. The van der Waals surface area contributed by atoms with Crippen molar-refractivity contribution < 1.29 is 44.1 Å². The van der Waals surface area contributed by atoms with Crippen LogP contribution in [0.5, 0.6) is 0 Å². The molecule has 0 heterocycles. The number of aliphatic hydroxyl groups is 1. The summed E-state index contributed by atoms with van der Waals surface area (Å²) in [6, 6.07) is 0. The number of amides is 1. The molecule has 0 saturated carbocycles. The van der Waals surface area contributed by atoms with Gasteiger partial charge in [-0.1, -0.05) is 0 Å². The molecule has 14 heteroatoms. The zero-order chi connectivity index (χ0) is 21.1. The lowest BCUT2D eigenvalue weighted by Crippen LogP contribution is -2.56. The average molecular weight is 414 g/mol. The first kappa shape index (κ1) is 25.4. The van der Waals surface area contributed by atoms with Gasteiger partial charge in [0.05, 0.1) is 13.0 Å². The SMILES string of the molecule is NC(=O)CC(CCCO)(C(=O)O)N(CCNCCNCC(=O)O)P(=O)(O)O. The van der Waals surface area contributed by atoms with Crippen LogP contribution >= 0.6 is 7.75 Å². The van der Waals surface area contributed by atoms with E-state index in [-0.39, 0.29) is 32.6 Å². The summed E-state index contributed by atoms with van der Waals surface area (Å²) in [5, 5.41) is 32.4. The number of aliphatic hydroxyl groups excluding tert-OH is 1. The predicted molar refractivity (Wildman–Crippen MR) is 92.6 cm³/mol. The molecule has 0 bridgehead atoms. The number of carbonyl (C=O) groups excluding carboxylic acids is 1. The maximum Gasteiger partial charge on any atom is 0.404 e. The number of nitrogens with two attached hydrogens (primary N) is 1. The Balaban J connectivity index is 5.17. The first-order valence-corrected chi connectivity index (χ1v) is 9.63. The van der Waals surface area contributed by atoms with E-state index in [0.717, 1.165) is 0 Å². The third kappa shape index (κ3) is 9.24. The molecule has 9 N–H and O–H groups in total. The number of carboxylic acid groups (broad SMARTS) is 2. The first-order valence-electron chi connectivity index (χ1n) is 8.07. The number of aliphatic carboxylic acids is 2. The van der Waals surface area contributed by atoms with Crippen molar-refractivity contribution in [2.75, 3.05) is 39.3 Å². The van der Waals surface area contributed by atoms with Crippen LogP contribution in [-0.2, 0) is 18.9 Å². The second kappa shape index (κ2) is 12.0. The molecule has 1 amide bonds. The van der Waals surface area contributed by atoms with Gasteiger partial charge in [-0.15, -0.1) is 0 Å². The summed E-state index contributed by atoms with van der Waals surface area (Å²) in [6.45, 7) is -0.637. The smallest absolute Gasteiger partial charge is 0.404 e. The van der Waals surface area contributed by atoms with Gasteiger partial charge < -0.3 is 41.5 Å². The highest BCUT2D eigenvalue weighted by atomic mass is 31.2. The highest BCUT2D eigenvalue weighted by molar-refractivity contribution is 7.49. The molecule has 0 aromatic rings. The van der Waals surface area contributed by atoms with Crippen molar-refractivity contribution in [3.8, 4) is 0 Å². The molecule has 0 saturated heterocycles. The molecule has 0 aliphatic carbocycles. The highest BCUT2D eigenvalue weighted by Gasteiger charge is 2.51. The Morgan fingerprint density at radius 2 is 1.67 bits per heavy atom. The van der Waals surface area contributed by atoms with Crippen LogP contribution < -0.4 is 16.4 Å². The van der Waals surface area contributed by atoms with Crippen molar-refractivity contribution in [3.05, 3.63) is 0 Å². The minimum absolute atomic E-state index is 0.0488. The second-order valence-electron chi connectivity index (χ2n) is 5.76. The predicted octanol–water partition coefficient (Wildman–Crippen LogP) is -2.88. The number of hydrogen-bond acceptors (Lipinski definition) is 7. The summed E-state index contributed by atoms with van der Waals surface area (Å²) in [5.74, 6) is -3.73. The van der Waals surface area contributed by atoms with Crippen LogP contribution in [0, 0.1) is 0 Å². The molecule has 1 atom stereocenters. The van der Waals surface area contributed by atoms with Gasteiger partial charge in [-0.3, -0.25) is 14.4 Å². The first-order chi connectivity index (χ1) is 12.5. The summed E-state index contributed by atoms with van der Waals surface area (Å²) in [7, 11) is -5.09. The van der Waals surface area contributed by atoms with Crippen LogP contribution in [0.1, 0.15) is 19.3 Å². The number of hydrogen-bond donors (Lipinski definition) is 8. The molecule has 0 aliphatic heterocycles. The van der Waals surface area contributed by atoms with Gasteiger partial charge in [0.2, 0.25) is 5.91 Å². The van der Waals surface area contributed by atoms with Gasteiger partial charge in [-0.2, -0.15) is 4.67 Å². The number of carboxylic acids is 2. The third-order valence-corrected chi connectivity index (χ3v) is 4.89. The van der Waals surface area contributed by atoms with Crippen molar-refractivity contribution >= 4 is 25.6 Å². The molecule has 13 nitrogen and oxygen atoms in total. The van der Waals surface area contributed by atoms with Gasteiger partial charge in [0.1, 0.15) is 5.54 Å². The van der Waals surface area contributed by atoms with Gasteiger partial charge in [0, 0.05) is 32.8 Å².